The summed E-state index contributed by atoms with van der Waals surface area (Å²) in [4.78, 5) is 25.8. The average molecular weight is 354 g/mol. The molecule has 2 aromatic heterocycles. The van der Waals surface area contributed by atoms with E-state index in [-0.39, 0.29) is 5.56 Å². The Morgan fingerprint density at radius 2 is 1.81 bits per heavy atom. The van der Waals surface area contributed by atoms with Crippen LogP contribution in [0.4, 0.5) is 0 Å². The molecule has 0 atom stereocenters. The molecule has 0 radical (unpaired) electrons. The van der Waals surface area contributed by atoms with Crippen LogP contribution in [0.3, 0.4) is 0 Å². The number of piperazine rings is 1. The van der Waals surface area contributed by atoms with Gasteiger partial charge < -0.3 is 0 Å². The minimum atomic E-state index is -0.0304. The summed E-state index contributed by atoms with van der Waals surface area (Å²) in [5.74, 6) is 1.62. The van der Waals surface area contributed by atoms with Gasteiger partial charge in [0.2, 0.25) is 0 Å². The SMILES string of the molecule is O=c1cccnn1CCN1CCN(Cc2ccnc(C3CCC3)n2)CC1. The largest absolute Gasteiger partial charge is 0.299 e. The molecular formula is C19H26N6O. The molecule has 1 aliphatic heterocycles. The summed E-state index contributed by atoms with van der Waals surface area (Å²) in [6, 6.07) is 5.29. The summed E-state index contributed by atoms with van der Waals surface area (Å²) in [5, 5.41) is 4.12. The minimum absolute atomic E-state index is 0.0304. The first-order valence-electron chi connectivity index (χ1n) is 9.56. The molecule has 26 heavy (non-hydrogen) atoms. The first-order valence-corrected chi connectivity index (χ1v) is 9.56. The number of hydrogen-bond acceptors (Lipinski definition) is 6. The van der Waals surface area contributed by atoms with Crippen molar-refractivity contribution in [3.05, 3.63) is 52.5 Å². The van der Waals surface area contributed by atoms with Crippen molar-refractivity contribution >= 4 is 0 Å². The van der Waals surface area contributed by atoms with Crippen molar-refractivity contribution in [2.24, 2.45) is 0 Å². The minimum Gasteiger partial charge on any atom is -0.299 e. The third-order valence-corrected chi connectivity index (χ3v) is 5.47. The lowest BCUT2D eigenvalue weighted by Gasteiger charge is -2.34. The van der Waals surface area contributed by atoms with Crippen LogP contribution in [0.5, 0.6) is 0 Å². The summed E-state index contributed by atoms with van der Waals surface area (Å²) < 4.78 is 1.54. The Morgan fingerprint density at radius 1 is 1.00 bits per heavy atom. The topological polar surface area (TPSA) is 67.2 Å². The second-order valence-corrected chi connectivity index (χ2v) is 7.24. The zero-order valence-electron chi connectivity index (χ0n) is 15.1. The molecule has 0 N–H and O–H groups in total. The zero-order valence-corrected chi connectivity index (χ0v) is 15.1. The van der Waals surface area contributed by atoms with Crippen molar-refractivity contribution in [2.45, 2.75) is 38.3 Å². The van der Waals surface area contributed by atoms with Crippen LogP contribution in [0.2, 0.25) is 0 Å². The Labute approximate surface area is 153 Å². The molecule has 0 unspecified atom stereocenters. The van der Waals surface area contributed by atoms with E-state index in [2.05, 4.69) is 19.9 Å². The van der Waals surface area contributed by atoms with Crippen LogP contribution >= 0.6 is 0 Å². The van der Waals surface area contributed by atoms with Crippen LogP contribution in [0.25, 0.3) is 0 Å². The predicted molar refractivity (Wildman–Crippen MR) is 98.8 cm³/mol. The molecule has 3 heterocycles. The van der Waals surface area contributed by atoms with E-state index in [1.807, 2.05) is 12.3 Å². The molecule has 0 bridgehead atoms. The molecular weight excluding hydrogens is 328 g/mol. The number of hydrogen-bond donors (Lipinski definition) is 0. The molecule has 2 fully saturated rings. The molecule has 1 aliphatic carbocycles. The van der Waals surface area contributed by atoms with E-state index < -0.39 is 0 Å². The van der Waals surface area contributed by atoms with Crippen LogP contribution in [-0.4, -0.2) is 62.3 Å². The molecule has 0 aromatic carbocycles. The number of nitrogens with zero attached hydrogens (tertiary/aromatic N) is 6. The highest BCUT2D eigenvalue weighted by molar-refractivity contribution is 5.08. The Balaban J connectivity index is 1.25. The van der Waals surface area contributed by atoms with E-state index >= 15 is 0 Å². The maximum atomic E-state index is 11.7. The first kappa shape index (κ1) is 17.3. The third-order valence-electron chi connectivity index (χ3n) is 5.47. The standard InChI is InChI=1S/C19H26N6O/c26-18-5-2-7-21-25(18)14-13-23-9-11-24(12-10-23)15-17-6-8-20-19(22-17)16-3-1-4-16/h2,5-8,16H,1,3-4,9-15H2. The van der Waals surface area contributed by atoms with Gasteiger partial charge in [-0.25, -0.2) is 14.6 Å². The second kappa shape index (κ2) is 8.05. The maximum Gasteiger partial charge on any atom is 0.266 e. The fourth-order valence-electron chi connectivity index (χ4n) is 3.56. The zero-order chi connectivity index (χ0) is 17.8. The quantitative estimate of drug-likeness (QED) is 0.774. The van der Waals surface area contributed by atoms with Crippen molar-refractivity contribution < 1.29 is 0 Å². The highest BCUT2D eigenvalue weighted by atomic mass is 16.1. The third kappa shape index (κ3) is 4.16. The molecule has 2 aliphatic rings. The Hall–Kier alpha value is -2.12. The van der Waals surface area contributed by atoms with Gasteiger partial charge in [0.15, 0.2) is 0 Å². The molecule has 2 aromatic rings. The normalized spacial score (nSPS) is 19.4. The van der Waals surface area contributed by atoms with Gasteiger partial charge in [-0.05, 0) is 25.0 Å². The summed E-state index contributed by atoms with van der Waals surface area (Å²) in [6.07, 6.45) is 7.36. The lowest BCUT2D eigenvalue weighted by atomic mass is 9.85. The molecule has 0 amide bonds. The monoisotopic (exact) mass is 354 g/mol. The van der Waals surface area contributed by atoms with E-state index in [1.165, 1.54) is 23.9 Å². The van der Waals surface area contributed by atoms with Gasteiger partial charge in [-0.1, -0.05) is 6.42 Å². The van der Waals surface area contributed by atoms with Crippen molar-refractivity contribution in [2.75, 3.05) is 32.7 Å². The van der Waals surface area contributed by atoms with Gasteiger partial charge >= 0.3 is 0 Å². The molecule has 7 heteroatoms. The molecule has 7 nitrogen and oxygen atoms in total. The average Bonchev–Trinajstić information content (AvgIpc) is 2.61. The van der Waals surface area contributed by atoms with Gasteiger partial charge in [0.1, 0.15) is 5.82 Å². The highest BCUT2D eigenvalue weighted by Crippen LogP contribution is 2.34. The first-order chi connectivity index (χ1) is 12.8. The van der Waals surface area contributed by atoms with E-state index in [0.717, 1.165) is 50.8 Å². The van der Waals surface area contributed by atoms with Crippen LogP contribution in [0, 0.1) is 0 Å². The van der Waals surface area contributed by atoms with Crippen molar-refractivity contribution in [1.82, 2.24) is 29.5 Å². The molecule has 0 spiro atoms. The molecule has 138 valence electrons. The number of aromatic nitrogens is 4. The fourth-order valence-corrected chi connectivity index (χ4v) is 3.56. The van der Waals surface area contributed by atoms with Gasteiger partial charge in [0, 0.05) is 63.6 Å². The van der Waals surface area contributed by atoms with E-state index in [0.29, 0.717) is 12.5 Å². The molecule has 1 saturated heterocycles. The number of rotatable bonds is 6. The lowest BCUT2D eigenvalue weighted by Crippen LogP contribution is -2.47. The van der Waals surface area contributed by atoms with E-state index in [4.69, 9.17) is 4.98 Å². The molecule has 1 saturated carbocycles. The van der Waals surface area contributed by atoms with E-state index in [1.54, 1.807) is 18.3 Å². The van der Waals surface area contributed by atoms with Crippen molar-refractivity contribution in [3.63, 3.8) is 0 Å². The Kier molecular flexibility index (Phi) is 5.36. The van der Waals surface area contributed by atoms with Gasteiger partial charge in [-0.2, -0.15) is 5.10 Å². The van der Waals surface area contributed by atoms with Crippen LogP contribution in [-0.2, 0) is 13.1 Å². The van der Waals surface area contributed by atoms with Crippen LogP contribution in [0.1, 0.15) is 36.7 Å². The van der Waals surface area contributed by atoms with Gasteiger partial charge in [-0.3, -0.25) is 14.6 Å². The van der Waals surface area contributed by atoms with E-state index in [9.17, 15) is 4.79 Å². The molecule has 4 rings (SSSR count). The smallest absolute Gasteiger partial charge is 0.266 e. The fraction of sp³-hybridized carbons (Fsp3) is 0.579. The van der Waals surface area contributed by atoms with Crippen molar-refractivity contribution in [3.8, 4) is 0 Å². The lowest BCUT2D eigenvalue weighted by molar-refractivity contribution is 0.121. The summed E-state index contributed by atoms with van der Waals surface area (Å²) in [5.41, 5.74) is 1.10. The Morgan fingerprint density at radius 3 is 2.54 bits per heavy atom. The predicted octanol–water partition coefficient (Wildman–Crippen LogP) is 1.12. The van der Waals surface area contributed by atoms with Gasteiger partial charge in [0.25, 0.3) is 5.56 Å². The summed E-state index contributed by atoms with van der Waals surface area (Å²) in [6.45, 7) is 6.50. The van der Waals surface area contributed by atoms with Gasteiger partial charge in [-0.15, -0.1) is 0 Å². The Bertz CT molecular complexity index is 779. The van der Waals surface area contributed by atoms with Crippen molar-refractivity contribution in [1.29, 1.82) is 0 Å². The summed E-state index contributed by atoms with van der Waals surface area (Å²) in [7, 11) is 0. The maximum absolute atomic E-state index is 11.7. The van der Waals surface area contributed by atoms with Crippen LogP contribution < -0.4 is 5.56 Å². The van der Waals surface area contributed by atoms with Crippen LogP contribution in [0.15, 0.2) is 35.4 Å². The van der Waals surface area contributed by atoms with Gasteiger partial charge in [0.05, 0.1) is 12.2 Å². The summed E-state index contributed by atoms with van der Waals surface area (Å²) >= 11 is 0. The second-order valence-electron chi connectivity index (χ2n) is 7.24. The highest BCUT2D eigenvalue weighted by Gasteiger charge is 2.23.